The number of nitrogens with one attached hydrogen (secondary N) is 2. The van der Waals surface area contributed by atoms with Gasteiger partial charge in [-0.05, 0) is 12.0 Å². The van der Waals surface area contributed by atoms with Crippen LogP contribution in [-0.4, -0.2) is 59.9 Å². The molecular formula is C18H25N5O6. The van der Waals surface area contributed by atoms with E-state index in [0.29, 0.717) is 12.0 Å². The van der Waals surface area contributed by atoms with E-state index in [2.05, 4.69) is 5.43 Å². The first-order valence-corrected chi connectivity index (χ1v) is 8.86. The van der Waals surface area contributed by atoms with Gasteiger partial charge in [-0.25, -0.2) is 5.01 Å². The molecule has 0 aliphatic heterocycles. The molecule has 0 saturated heterocycles. The highest BCUT2D eigenvalue weighted by molar-refractivity contribution is 6.37. The van der Waals surface area contributed by atoms with Crippen LogP contribution in [0.1, 0.15) is 25.3 Å². The molecule has 0 spiro atoms. The maximum atomic E-state index is 12.7. The first-order chi connectivity index (χ1) is 13.8. The van der Waals surface area contributed by atoms with Crippen molar-refractivity contribution in [2.24, 2.45) is 5.73 Å². The van der Waals surface area contributed by atoms with Gasteiger partial charge in [0.2, 0.25) is 5.91 Å². The third kappa shape index (κ3) is 8.07. The molecular weight excluding hydrogens is 382 g/mol. The molecule has 0 aliphatic rings. The Morgan fingerprint density at radius 2 is 1.72 bits per heavy atom. The van der Waals surface area contributed by atoms with Gasteiger partial charge in [-0.1, -0.05) is 37.3 Å². The number of primary amides is 1. The van der Waals surface area contributed by atoms with E-state index in [1.807, 2.05) is 5.32 Å². The number of ether oxygens (including phenoxy) is 1. The summed E-state index contributed by atoms with van der Waals surface area (Å²) in [7, 11) is 1.48. The van der Waals surface area contributed by atoms with Crippen molar-refractivity contribution >= 4 is 29.5 Å². The number of rotatable bonds is 9. The zero-order chi connectivity index (χ0) is 21.8. The second-order valence-electron chi connectivity index (χ2n) is 5.85. The summed E-state index contributed by atoms with van der Waals surface area (Å²) in [5.41, 5.74) is 7.82. The van der Waals surface area contributed by atoms with Crippen LogP contribution in [-0.2, 0) is 35.3 Å². The molecule has 11 heteroatoms. The molecule has 0 aliphatic carbocycles. The normalized spacial score (nSPS) is 10.3. The third-order valence-corrected chi connectivity index (χ3v) is 3.64. The summed E-state index contributed by atoms with van der Waals surface area (Å²) in [4.78, 5) is 59.4. The van der Waals surface area contributed by atoms with Gasteiger partial charge in [-0.3, -0.25) is 34.7 Å². The number of benzene rings is 1. The molecule has 0 atom stereocenters. The first kappa shape index (κ1) is 23.7. The SMILES string of the molecule is CCC(=O)NC(=O)C(=O)N(Cc1ccccc1)N(CCCOC)NC(=O)C(N)=O. The maximum absolute atomic E-state index is 12.7. The van der Waals surface area contributed by atoms with E-state index in [9.17, 15) is 24.0 Å². The molecule has 5 amide bonds. The van der Waals surface area contributed by atoms with Crippen molar-refractivity contribution in [2.75, 3.05) is 20.3 Å². The fraction of sp³-hybridized carbons (Fsp3) is 0.389. The van der Waals surface area contributed by atoms with Crippen molar-refractivity contribution in [3.8, 4) is 0 Å². The van der Waals surface area contributed by atoms with Crippen molar-refractivity contribution in [1.82, 2.24) is 20.9 Å². The van der Waals surface area contributed by atoms with E-state index in [1.54, 1.807) is 30.3 Å². The summed E-state index contributed by atoms with van der Waals surface area (Å²) in [5, 5.41) is 3.90. The highest BCUT2D eigenvalue weighted by Crippen LogP contribution is 2.08. The van der Waals surface area contributed by atoms with Crippen LogP contribution in [0.2, 0.25) is 0 Å². The third-order valence-electron chi connectivity index (χ3n) is 3.64. The Morgan fingerprint density at radius 1 is 1.07 bits per heavy atom. The molecule has 11 nitrogen and oxygen atoms in total. The predicted octanol–water partition coefficient (Wildman–Crippen LogP) is -1.16. The Labute approximate surface area is 168 Å². The average Bonchev–Trinajstić information content (AvgIpc) is 2.71. The van der Waals surface area contributed by atoms with E-state index >= 15 is 0 Å². The van der Waals surface area contributed by atoms with E-state index in [4.69, 9.17) is 10.5 Å². The molecule has 0 fully saturated rings. The lowest BCUT2D eigenvalue weighted by atomic mass is 10.2. The highest BCUT2D eigenvalue weighted by Gasteiger charge is 2.30. The van der Waals surface area contributed by atoms with Gasteiger partial charge >= 0.3 is 23.6 Å². The molecule has 158 valence electrons. The van der Waals surface area contributed by atoms with Crippen LogP contribution in [0.15, 0.2) is 30.3 Å². The van der Waals surface area contributed by atoms with Gasteiger partial charge in [0.05, 0.1) is 6.54 Å². The van der Waals surface area contributed by atoms with Gasteiger partial charge in [0.15, 0.2) is 0 Å². The number of hydrazine groups is 2. The van der Waals surface area contributed by atoms with Crippen molar-refractivity contribution in [3.63, 3.8) is 0 Å². The smallest absolute Gasteiger partial charge is 0.328 e. The number of carbonyl (C=O) groups is 5. The standard InChI is InChI=1S/C18H25N5O6/c1-3-14(24)20-17(27)18(28)22(12-13-8-5-4-6-9-13)23(10-7-11-29-2)21-16(26)15(19)25/h4-6,8-9H,3,7,10-12H2,1-2H3,(H2,19,25)(H,21,26)(H,20,24,27). The van der Waals surface area contributed by atoms with Gasteiger partial charge in [0, 0.05) is 26.7 Å². The fourth-order valence-electron chi connectivity index (χ4n) is 2.18. The Hall–Kier alpha value is -3.31. The van der Waals surface area contributed by atoms with Gasteiger partial charge in [0.25, 0.3) is 0 Å². The molecule has 0 aromatic heterocycles. The molecule has 0 unspecified atom stereocenters. The predicted molar refractivity (Wildman–Crippen MR) is 101 cm³/mol. The van der Waals surface area contributed by atoms with Crippen LogP contribution in [0.4, 0.5) is 0 Å². The van der Waals surface area contributed by atoms with Crippen molar-refractivity contribution in [2.45, 2.75) is 26.3 Å². The first-order valence-electron chi connectivity index (χ1n) is 8.86. The number of hydrogen-bond acceptors (Lipinski definition) is 7. The van der Waals surface area contributed by atoms with Crippen molar-refractivity contribution in [3.05, 3.63) is 35.9 Å². The van der Waals surface area contributed by atoms with Crippen LogP contribution < -0.4 is 16.5 Å². The lowest BCUT2D eigenvalue weighted by Crippen LogP contribution is -2.60. The van der Waals surface area contributed by atoms with Crippen molar-refractivity contribution < 1.29 is 28.7 Å². The minimum atomic E-state index is -1.26. The Bertz CT molecular complexity index is 740. The number of nitrogens with two attached hydrogens (primary N) is 1. The molecule has 0 radical (unpaired) electrons. The lowest BCUT2D eigenvalue weighted by molar-refractivity contribution is -0.170. The molecule has 0 heterocycles. The number of imide groups is 1. The molecule has 29 heavy (non-hydrogen) atoms. The fourth-order valence-corrected chi connectivity index (χ4v) is 2.18. The van der Waals surface area contributed by atoms with Gasteiger partial charge in [-0.15, -0.1) is 5.12 Å². The zero-order valence-electron chi connectivity index (χ0n) is 16.3. The van der Waals surface area contributed by atoms with Crippen molar-refractivity contribution in [1.29, 1.82) is 0 Å². The van der Waals surface area contributed by atoms with Crippen LogP contribution in [0.3, 0.4) is 0 Å². The van der Waals surface area contributed by atoms with E-state index in [0.717, 1.165) is 10.1 Å². The van der Waals surface area contributed by atoms with Gasteiger partial charge < -0.3 is 10.5 Å². The molecule has 1 aromatic rings. The Balaban J connectivity index is 3.17. The van der Waals surface area contributed by atoms with E-state index in [-0.39, 0.29) is 26.1 Å². The topological polar surface area (TPSA) is 151 Å². The van der Waals surface area contributed by atoms with E-state index in [1.165, 1.54) is 14.0 Å². The molecule has 4 N–H and O–H groups in total. The van der Waals surface area contributed by atoms with Crippen LogP contribution in [0.5, 0.6) is 0 Å². The summed E-state index contributed by atoms with van der Waals surface area (Å²) >= 11 is 0. The molecule has 1 aromatic carbocycles. The summed E-state index contributed by atoms with van der Waals surface area (Å²) in [5.74, 6) is -5.33. The monoisotopic (exact) mass is 407 g/mol. The van der Waals surface area contributed by atoms with Gasteiger partial charge in [-0.2, -0.15) is 0 Å². The zero-order valence-corrected chi connectivity index (χ0v) is 16.3. The minimum absolute atomic E-state index is 0.00761. The number of carbonyl (C=O) groups excluding carboxylic acids is 5. The summed E-state index contributed by atoms with van der Waals surface area (Å²) in [6.07, 6.45) is 0.358. The number of nitrogens with zero attached hydrogens (tertiary/aromatic N) is 2. The lowest BCUT2D eigenvalue weighted by Gasteiger charge is -2.34. The summed E-state index contributed by atoms with van der Waals surface area (Å²) in [6, 6.07) is 8.65. The second kappa shape index (κ2) is 12.2. The average molecular weight is 407 g/mol. The van der Waals surface area contributed by atoms with E-state index < -0.39 is 29.5 Å². The molecule has 0 bridgehead atoms. The summed E-state index contributed by atoms with van der Waals surface area (Å²) in [6.45, 7) is 1.73. The Kier molecular flexibility index (Phi) is 9.99. The Morgan fingerprint density at radius 3 is 2.28 bits per heavy atom. The van der Waals surface area contributed by atoms with Crippen LogP contribution in [0, 0.1) is 0 Å². The maximum Gasteiger partial charge on any atom is 0.328 e. The highest BCUT2D eigenvalue weighted by atomic mass is 16.5. The van der Waals surface area contributed by atoms with Crippen LogP contribution >= 0.6 is 0 Å². The molecule has 1 rings (SSSR count). The second-order valence-corrected chi connectivity index (χ2v) is 5.85. The largest absolute Gasteiger partial charge is 0.385 e. The number of hydrogen-bond donors (Lipinski definition) is 3. The van der Waals surface area contributed by atoms with Crippen LogP contribution in [0.25, 0.3) is 0 Å². The van der Waals surface area contributed by atoms with Gasteiger partial charge in [0.1, 0.15) is 0 Å². The quantitative estimate of drug-likeness (QED) is 0.265. The number of amides is 5. The number of methoxy groups -OCH3 is 1. The summed E-state index contributed by atoms with van der Waals surface area (Å²) < 4.78 is 4.96. The minimum Gasteiger partial charge on any atom is -0.385 e. The molecule has 0 saturated carbocycles.